The molecule has 0 saturated carbocycles. The first kappa shape index (κ1) is 16.8. The molecule has 2 aromatic rings. The molecule has 0 heterocycles. The number of nitro benzene ring substituents is 1. The highest BCUT2D eigenvalue weighted by atomic mass is 32.2. The Morgan fingerprint density at radius 3 is 2.52 bits per heavy atom. The maximum absolute atomic E-state index is 11.8. The van der Waals surface area contributed by atoms with Crippen LogP contribution in [0.15, 0.2) is 53.4 Å². The molecule has 0 aliphatic rings. The van der Waals surface area contributed by atoms with Crippen molar-refractivity contribution in [3.63, 3.8) is 0 Å². The molecule has 6 nitrogen and oxygen atoms in total. The average molecular weight is 333 g/mol. The number of hydrogen-bond donors (Lipinski definition) is 0. The fourth-order valence-electron chi connectivity index (χ4n) is 1.83. The molecule has 0 aliphatic heterocycles. The molecule has 0 aliphatic carbocycles. The lowest BCUT2D eigenvalue weighted by atomic mass is 10.2. The molecule has 0 atom stereocenters. The van der Waals surface area contributed by atoms with Crippen LogP contribution in [-0.4, -0.2) is 23.8 Å². The molecule has 2 aromatic carbocycles. The summed E-state index contributed by atoms with van der Waals surface area (Å²) in [7, 11) is 1.59. The Bertz CT molecular complexity index is 687. The van der Waals surface area contributed by atoms with Gasteiger partial charge in [-0.1, -0.05) is 12.1 Å². The van der Waals surface area contributed by atoms with Crippen LogP contribution in [-0.2, 0) is 16.1 Å². The predicted octanol–water partition coefficient (Wildman–Crippen LogP) is 3.44. The van der Waals surface area contributed by atoms with Crippen molar-refractivity contribution in [1.82, 2.24) is 0 Å². The van der Waals surface area contributed by atoms with E-state index in [-0.39, 0.29) is 18.0 Å². The molecule has 0 radical (unpaired) electrons. The molecule has 2 rings (SSSR count). The van der Waals surface area contributed by atoms with Crippen molar-refractivity contribution in [1.29, 1.82) is 0 Å². The molecular weight excluding hydrogens is 318 g/mol. The van der Waals surface area contributed by atoms with Crippen LogP contribution in [0.2, 0.25) is 0 Å². The van der Waals surface area contributed by atoms with E-state index in [1.165, 1.54) is 17.8 Å². The number of rotatable bonds is 7. The molecule has 23 heavy (non-hydrogen) atoms. The van der Waals surface area contributed by atoms with Crippen LogP contribution in [0.1, 0.15) is 5.56 Å². The lowest BCUT2D eigenvalue weighted by molar-refractivity contribution is -0.385. The van der Waals surface area contributed by atoms with Gasteiger partial charge in [0.1, 0.15) is 12.4 Å². The Hall–Kier alpha value is -2.54. The normalized spacial score (nSPS) is 10.1. The van der Waals surface area contributed by atoms with Gasteiger partial charge in [0, 0.05) is 11.0 Å². The van der Waals surface area contributed by atoms with Crippen LogP contribution in [0.5, 0.6) is 5.75 Å². The molecule has 0 unspecified atom stereocenters. The van der Waals surface area contributed by atoms with E-state index in [9.17, 15) is 14.9 Å². The average Bonchev–Trinajstić information content (AvgIpc) is 2.58. The third kappa shape index (κ3) is 5.00. The quantitative estimate of drug-likeness (QED) is 0.334. The first-order valence-electron chi connectivity index (χ1n) is 6.75. The summed E-state index contributed by atoms with van der Waals surface area (Å²) in [5, 5.41) is 10.9. The molecule has 0 bridgehead atoms. The Morgan fingerprint density at radius 1 is 1.17 bits per heavy atom. The van der Waals surface area contributed by atoms with Gasteiger partial charge in [0.2, 0.25) is 0 Å². The molecular formula is C16H15NO5S. The minimum atomic E-state index is -0.491. The van der Waals surface area contributed by atoms with Gasteiger partial charge in [-0.25, -0.2) is 0 Å². The number of nitro groups is 1. The highest BCUT2D eigenvalue weighted by Crippen LogP contribution is 2.22. The first-order valence-corrected chi connectivity index (χ1v) is 7.73. The van der Waals surface area contributed by atoms with E-state index in [2.05, 4.69) is 0 Å². The maximum atomic E-state index is 11.8. The lowest BCUT2D eigenvalue weighted by Crippen LogP contribution is -2.08. The van der Waals surface area contributed by atoms with Gasteiger partial charge in [-0.05, 0) is 30.3 Å². The summed E-state index contributed by atoms with van der Waals surface area (Å²) in [4.78, 5) is 23.1. The van der Waals surface area contributed by atoms with E-state index >= 15 is 0 Å². The van der Waals surface area contributed by atoms with E-state index < -0.39 is 10.9 Å². The number of nitrogens with zero attached hydrogens (tertiary/aromatic N) is 1. The van der Waals surface area contributed by atoms with Gasteiger partial charge in [-0.3, -0.25) is 14.9 Å². The molecule has 0 fully saturated rings. The monoisotopic (exact) mass is 333 g/mol. The van der Waals surface area contributed by atoms with Crippen molar-refractivity contribution in [2.75, 3.05) is 12.9 Å². The van der Waals surface area contributed by atoms with Gasteiger partial charge < -0.3 is 9.47 Å². The number of para-hydroxylation sites is 1. The largest absolute Gasteiger partial charge is 0.497 e. The summed E-state index contributed by atoms with van der Waals surface area (Å²) in [6.07, 6.45) is 0. The van der Waals surface area contributed by atoms with Gasteiger partial charge in [-0.2, -0.15) is 0 Å². The van der Waals surface area contributed by atoms with Crippen LogP contribution >= 0.6 is 11.8 Å². The summed E-state index contributed by atoms with van der Waals surface area (Å²) >= 11 is 1.33. The zero-order valence-electron chi connectivity index (χ0n) is 12.4. The molecule has 7 heteroatoms. The standard InChI is InChI=1S/C16H15NO5S/c1-21-13-6-8-14(9-7-13)23-11-16(18)22-10-12-4-2-3-5-15(12)17(19)20/h2-9H,10-11H2,1H3. The number of carbonyl (C=O) groups is 1. The van der Waals surface area contributed by atoms with Crippen molar-refractivity contribution >= 4 is 23.4 Å². The summed E-state index contributed by atoms with van der Waals surface area (Å²) in [6.45, 7) is -0.112. The second-order valence-corrected chi connectivity index (χ2v) is 5.56. The van der Waals surface area contributed by atoms with Gasteiger partial charge in [0.15, 0.2) is 0 Å². The third-order valence-corrected chi connectivity index (χ3v) is 3.98. The summed E-state index contributed by atoms with van der Waals surface area (Å²) in [6, 6.07) is 13.5. The highest BCUT2D eigenvalue weighted by Gasteiger charge is 2.14. The van der Waals surface area contributed by atoms with E-state index in [0.29, 0.717) is 5.56 Å². The predicted molar refractivity (Wildman–Crippen MR) is 86.6 cm³/mol. The van der Waals surface area contributed by atoms with Crippen molar-refractivity contribution in [2.24, 2.45) is 0 Å². The highest BCUT2D eigenvalue weighted by molar-refractivity contribution is 8.00. The van der Waals surface area contributed by atoms with Crippen LogP contribution in [0, 0.1) is 10.1 Å². The topological polar surface area (TPSA) is 78.7 Å². The van der Waals surface area contributed by atoms with Gasteiger partial charge in [0.25, 0.3) is 5.69 Å². The third-order valence-electron chi connectivity index (χ3n) is 2.99. The Labute approximate surface area is 137 Å². The van der Waals surface area contributed by atoms with Crippen molar-refractivity contribution in [2.45, 2.75) is 11.5 Å². The van der Waals surface area contributed by atoms with Gasteiger partial charge in [-0.15, -0.1) is 11.8 Å². The Kier molecular flexibility index (Phi) is 5.99. The van der Waals surface area contributed by atoms with Crippen LogP contribution in [0.25, 0.3) is 0 Å². The summed E-state index contributed by atoms with van der Waals surface area (Å²) in [5.74, 6) is 0.449. The van der Waals surface area contributed by atoms with E-state index in [4.69, 9.17) is 9.47 Å². The van der Waals surface area contributed by atoms with Crippen molar-refractivity contribution < 1.29 is 19.2 Å². The molecule has 120 valence electrons. The van der Waals surface area contributed by atoms with Gasteiger partial charge >= 0.3 is 5.97 Å². The van der Waals surface area contributed by atoms with Crippen molar-refractivity contribution in [3.8, 4) is 5.75 Å². The maximum Gasteiger partial charge on any atom is 0.316 e. The number of carbonyl (C=O) groups excluding carboxylic acids is 1. The first-order chi connectivity index (χ1) is 11.1. The summed E-state index contributed by atoms with van der Waals surface area (Å²) in [5.41, 5.74) is 0.323. The molecule has 0 saturated heterocycles. The van der Waals surface area contributed by atoms with E-state index in [1.807, 2.05) is 12.1 Å². The van der Waals surface area contributed by atoms with E-state index in [0.717, 1.165) is 10.6 Å². The second kappa shape index (κ2) is 8.19. The minimum Gasteiger partial charge on any atom is -0.497 e. The van der Waals surface area contributed by atoms with Crippen molar-refractivity contribution in [3.05, 3.63) is 64.2 Å². The zero-order chi connectivity index (χ0) is 16.7. The van der Waals surface area contributed by atoms with Crippen LogP contribution in [0.3, 0.4) is 0 Å². The number of benzene rings is 2. The van der Waals surface area contributed by atoms with E-state index in [1.54, 1.807) is 37.4 Å². The number of methoxy groups -OCH3 is 1. The SMILES string of the molecule is COc1ccc(SCC(=O)OCc2ccccc2[N+](=O)[O-])cc1. The Morgan fingerprint density at radius 2 is 1.87 bits per heavy atom. The lowest BCUT2D eigenvalue weighted by Gasteiger charge is -2.06. The Balaban J connectivity index is 1.84. The smallest absolute Gasteiger partial charge is 0.316 e. The molecule has 0 amide bonds. The number of thioether (sulfide) groups is 1. The summed E-state index contributed by atoms with van der Waals surface area (Å²) < 4.78 is 10.2. The van der Waals surface area contributed by atoms with Crippen LogP contribution in [0.4, 0.5) is 5.69 Å². The van der Waals surface area contributed by atoms with Crippen LogP contribution < -0.4 is 4.74 Å². The zero-order valence-corrected chi connectivity index (χ0v) is 13.2. The number of hydrogen-bond acceptors (Lipinski definition) is 6. The number of ether oxygens (including phenoxy) is 2. The minimum absolute atomic E-state index is 0.0527. The molecule has 0 N–H and O–H groups in total. The fourth-order valence-corrected chi connectivity index (χ4v) is 2.52. The second-order valence-electron chi connectivity index (χ2n) is 4.51. The molecule has 0 aromatic heterocycles. The van der Waals surface area contributed by atoms with Gasteiger partial charge in [0.05, 0.1) is 23.3 Å². The molecule has 0 spiro atoms. The fraction of sp³-hybridized carbons (Fsp3) is 0.188. The number of esters is 1.